The van der Waals surface area contributed by atoms with Gasteiger partial charge in [0.2, 0.25) is 0 Å². The monoisotopic (exact) mass is 567 g/mol. The summed E-state index contributed by atoms with van der Waals surface area (Å²) in [6, 6.07) is -3.53. The first-order chi connectivity index (χ1) is 18.1. The van der Waals surface area contributed by atoms with Crippen molar-refractivity contribution in [1.82, 2.24) is 5.32 Å². The Balaban J connectivity index is 1.65. The van der Waals surface area contributed by atoms with Crippen LogP contribution < -0.4 is 28.3 Å². The lowest BCUT2D eigenvalue weighted by Gasteiger charge is -2.47. The topological polar surface area (TPSA) is 280 Å². The van der Waals surface area contributed by atoms with E-state index in [0.717, 1.165) is 0 Å². The highest BCUT2D eigenvalue weighted by molar-refractivity contribution is 5.67. The first-order valence-electron chi connectivity index (χ1n) is 13.1. The average molecular weight is 568 g/mol. The maximum absolute atomic E-state index is 12.0. The van der Waals surface area contributed by atoms with Gasteiger partial charge in [0.1, 0.15) is 48.3 Å². The summed E-state index contributed by atoms with van der Waals surface area (Å²) in [7, 11) is 0. The second-order valence-electron chi connectivity index (χ2n) is 11.4. The van der Waals surface area contributed by atoms with Crippen molar-refractivity contribution in [1.29, 1.82) is 0 Å². The molecule has 1 amide bonds. The fourth-order valence-corrected chi connectivity index (χ4v) is 4.90. The van der Waals surface area contributed by atoms with Crippen LogP contribution in [0, 0.1) is 0 Å². The molecule has 3 rings (SSSR count). The summed E-state index contributed by atoms with van der Waals surface area (Å²) >= 11 is 0. The second-order valence-corrected chi connectivity index (χ2v) is 11.4. The molecule has 14 N–H and O–H groups in total. The number of nitrogens with two attached hydrogens (primary N) is 4. The van der Waals surface area contributed by atoms with Crippen LogP contribution >= 0.6 is 0 Å². The standard InChI is InChI=1S/C23H45N5O11/c1-23(2,3)39-22(34)28-6-12-11(30)5-10(26)20(35-12)37-18-8(24)4-9(25)19(17(18)33)38-21-16(32)14(27)15(31)13(7-29)36-21/h8-21,29-33H,4-7,24-27H2,1-3H3,(H,28,34)/t8-,9+,10+,11-,12+,13+,14-,15+,16+,17-,18+,19-,20+,21+/m0/s1. The lowest BCUT2D eigenvalue weighted by molar-refractivity contribution is -0.315. The van der Waals surface area contributed by atoms with Crippen molar-refractivity contribution in [2.45, 2.75) is 125 Å². The number of aliphatic hydroxyl groups is 5. The SMILES string of the molecule is CC(C)(C)OC(=O)NC[C@H]1O[C@H](O[C@H]2[C@H](O)[C@@H](O[C@H]3O[C@H](CO)[C@@H](O)[C@H](N)[C@H]3O)[C@H](N)C[C@@H]2N)[C@H](N)C[C@@H]1O. The van der Waals surface area contributed by atoms with Crippen molar-refractivity contribution in [2.24, 2.45) is 22.9 Å². The van der Waals surface area contributed by atoms with Gasteiger partial charge in [0, 0.05) is 18.6 Å². The van der Waals surface area contributed by atoms with Crippen LogP contribution in [0.5, 0.6) is 0 Å². The van der Waals surface area contributed by atoms with Crippen molar-refractivity contribution in [3.05, 3.63) is 0 Å². The highest BCUT2D eigenvalue weighted by Gasteiger charge is 2.50. The van der Waals surface area contributed by atoms with Crippen LogP contribution in [-0.2, 0) is 23.7 Å². The number of hydrogen-bond donors (Lipinski definition) is 10. The molecule has 16 nitrogen and oxygen atoms in total. The third-order valence-corrected chi connectivity index (χ3v) is 7.03. The molecule has 1 saturated carbocycles. The lowest BCUT2D eigenvalue weighted by Crippen LogP contribution is -2.68. The molecule has 0 bridgehead atoms. The van der Waals surface area contributed by atoms with E-state index in [-0.39, 0.29) is 19.4 Å². The van der Waals surface area contributed by atoms with Gasteiger partial charge in [-0.05, 0) is 33.6 Å². The molecule has 0 aromatic carbocycles. The molecule has 39 heavy (non-hydrogen) atoms. The van der Waals surface area contributed by atoms with Crippen molar-refractivity contribution in [2.75, 3.05) is 13.2 Å². The Morgan fingerprint density at radius 2 is 1.41 bits per heavy atom. The maximum Gasteiger partial charge on any atom is 0.407 e. The largest absolute Gasteiger partial charge is 0.444 e. The van der Waals surface area contributed by atoms with Crippen molar-refractivity contribution < 1.29 is 54.0 Å². The van der Waals surface area contributed by atoms with Crippen LogP contribution in [0.15, 0.2) is 0 Å². The molecule has 2 saturated heterocycles. The van der Waals surface area contributed by atoms with E-state index < -0.39 is 104 Å². The van der Waals surface area contributed by atoms with Crippen molar-refractivity contribution in [3.8, 4) is 0 Å². The van der Waals surface area contributed by atoms with Crippen molar-refractivity contribution in [3.63, 3.8) is 0 Å². The van der Waals surface area contributed by atoms with Gasteiger partial charge in [-0.1, -0.05) is 0 Å². The van der Waals surface area contributed by atoms with Gasteiger partial charge in [-0.3, -0.25) is 0 Å². The van der Waals surface area contributed by atoms with Gasteiger partial charge in [0.05, 0.1) is 24.8 Å². The predicted molar refractivity (Wildman–Crippen MR) is 134 cm³/mol. The predicted octanol–water partition coefficient (Wildman–Crippen LogP) is -4.73. The zero-order valence-corrected chi connectivity index (χ0v) is 22.4. The summed E-state index contributed by atoms with van der Waals surface area (Å²) in [5.74, 6) is 0. The van der Waals surface area contributed by atoms with Gasteiger partial charge in [-0.2, -0.15) is 0 Å². The minimum atomic E-state index is -1.48. The molecule has 0 unspecified atom stereocenters. The van der Waals surface area contributed by atoms with E-state index in [1.54, 1.807) is 20.8 Å². The summed E-state index contributed by atoms with van der Waals surface area (Å²) in [6.45, 7) is 4.48. The summed E-state index contributed by atoms with van der Waals surface area (Å²) in [5, 5.41) is 54.1. The Labute approximate surface area is 226 Å². The zero-order chi connectivity index (χ0) is 29.2. The van der Waals surface area contributed by atoms with Crippen LogP contribution in [0.1, 0.15) is 33.6 Å². The number of ether oxygens (including phenoxy) is 5. The van der Waals surface area contributed by atoms with Crippen molar-refractivity contribution >= 4 is 6.09 Å². The Morgan fingerprint density at radius 3 is 1.97 bits per heavy atom. The molecule has 0 radical (unpaired) electrons. The van der Waals surface area contributed by atoms with Crippen LogP contribution in [0.2, 0.25) is 0 Å². The Morgan fingerprint density at radius 1 is 0.846 bits per heavy atom. The molecule has 2 heterocycles. The van der Waals surface area contributed by atoms with E-state index in [0.29, 0.717) is 0 Å². The van der Waals surface area contributed by atoms with E-state index in [2.05, 4.69) is 5.32 Å². The summed E-state index contributed by atoms with van der Waals surface area (Å²) in [5.41, 5.74) is 23.7. The Hall–Kier alpha value is -1.25. The van der Waals surface area contributed by atoms with Crippen LogP contribution in [0.25, 0.3) is 0 Å². The van der Waals surface area contributed by atoms with Gasteiger partial charge in [-0.25, -0.2) is 4.79 Å². The molecular formula is C23H45N5O11. The molecule has 0 spiro atoms. The molecule has 2 aliphatic heterocycles. The average Bonchev–Trinajstić information content (AvgIpc) is 2.83. The molecule has 14 atom stereocenters. The normalized spacial score (nSPS) is 45.5. The molecule has 0 aromatic heterocycles. The molecule has 3 fully saturated rings. The van der Waals surface area contributed by atoms with E-state index >= 15 is 0 Å². The summed E-state index contributed by atoms with van der Waals surface area (Å²) in [4.78, 5) is 12.0. The van der Waals surface area contributed by atoms with Gasteiger partial charge in [0.15, 0.2) is 12.6 Å². The van der Waals surface area contributed by atoms with Gasteiger partial charge < -0.3 is 77.5 Å². The number of aliphatic hydroxyl groups excluding tert-OH is 5. The molecule has 228 valence electrons. The van der Waals surface area contributed by atoms with Crippen LogP contribution in [0.4, 0.5) is 4.79 Å². The maximum atomic E-state index is 12.0. The number of carbonyl (C=O) groups excluding carboxylic acids is 1. The molecule has 16 heteroatoms. The number of hydrogen-bond acceptors (Lipinski definition) is 15. The number of nitrogens with one attached hydrogen (secondary N) is 1. The van der Waals surface area contributed by atoms with Crippen LogP contribution in [-0.4, -0.2) is 136 Å². The number of alkyl carbamates (subject to hydrolysis) is 1. The highest BCUT2D eigenvalue weighted by atomic mass is 16.7. The third-order valence-electron chi connectivity index (χ3n) is 7.03. The highest BCUT2D eigenvalue weighted by Crippen LogP contribution is 2.30. The fourth-order valence-electron chi connectivity index (χ4n) is 4.90. The molecule has 3 aliphatic rings. The number of rotatable bonds is 7. The lowest BCUT2D eigenvalue weighted by atomic mass is 9.84. The first-order valence-corrected chi connectivity index (χ1v) is 13.1. The summed E-state index contributed by atoms with van der Waals surface area (Å²) < 4.78 is 28.3. The second kappa shape index (κ2) is 13.2. The van der Waals surface area contributed by atoms with E-state index in [9.17, 15) is 30.3 Å². The molecule has 1 aliphatic carbocycles. The van der Waals surface area contributed by atoms with E-state index in [1.165, 1.54) is 0 Å². The Bertz CT molecular complexity index is 805. The Kier molecular flexibility index (Phi) is 10.9. The van der Waals surface area contributed by atoms with Crippen LogP contribution in [0.3, 0.4) is 0 Å². The fraction of sp³-hybridized carbons (Fsp3) is 0.957. The number of carbonyl (C=O) groups is 1. The smallest absolute Gasteiger partial charge is 0.407 e. The summed E-state index contributed by atoms with van der Waals surface area (Å²) in [6.07, 6.45) is -12.5. The first kappa shape index (κ1) is 32.3. The van der Waals surface area contributed by atoms with E-state index in [1.807, 2.05) is 0 Å². The van der Waals surface area contributed by atoms with E-state index in [4.69, 9.17) is 46.6 Å². The third kappa shape index (κ3) is 7.94. The molecule has 0 aromatic rings. The van der Waals surface area contributed by atoms with Gasteiger partial charge >= 0.3 is 6.09 Å². The number of amides is 1. The quantitative estimate of drug-likeness (QED) is 0.138. The van der Waals surface area contributed by atoms with Gasteiger partial charge in [0.25, 0.3) is 0 Å². The minimum Gasteiger partial charge on any atom is -0.444 e. The zero-order valence-electron chi connectivity index (χ0n) is 22.4. The van der Waals surface area contributed by atoms with Gasteiger partial charge in [-0.15, -0.1) is 0 Å². The minimum absolute atomic E-state index is 0.0771. The molecular weight excluding hydrogens is 522 g/mol.